The number of carbonyl (C=O) groups is 1. The molecule has 4 N–H and O–H groups in total. The number of carbonyl (C=O) groups excluding carboxylic acids is 1. The average Bonchev–Trinajstić information content (AvgIpc) is 3.19. The van der Waals surface area contributed by atoms with E-state index in [0.29, 0.717) is 6.54 Å². The third kappa shape index (κ3) is 8.83. The lowest BCUT2D eigenvalue weighted by atomic mass is 10.0. The zero-order chi connectivity index (χ0) is 25.6. The largest absolute Gasteiger partial charge is 0.415 e. The number of nitrogens with one attached hydrogen (secondary N) is 3. The van der Waals surface area contributed by atoms with Crippen molar-refractivity contribution in [1.82, 2.24) is 15.6 Å². The molecule has 1 aromatic heterocycles. The summed E-state index contributed by atoms with van der Waals surface area (Å²) < 4.78 is 58.2. The Kier molecular flexibility index (Phi) is 9.15. The first-order chi connectivity index (χ1) is 16.5. The quantitative estimate of drug-likeness (QED) is 0.242. The van der Waals surface area contributed by atoms with Crippen LogP contribution in [0.1, 0.15) is 21.8 Å². The minimum Gasteiger partial charge on any atom is -0.415 e. The fourth-order valence-electron chi connectivity index (χ4n) is 3.26. The normalized spacial score (nSPS) is 13.3. The van der Waals surface area contributed by atoms with Crippen molar-refractivity contribution in [2.24, 2.45) is 0 Å². The second-order valence-corrected chi connectivity index (χ2v) is 10.8. The molecule has 2 unspecified atom stereocenters. The van der Waals surface area contributed by atoms with Crippen LogP contribution in [0.15, 0.2) is 53.1 Å². The van der Waals surface area contributed by atoms with Gasteiger partial charge in [0.15, 0.2) is 0 Å². The van der Waals surface area contributed by atoms with Gasteiger partial charge < -0.3 is 20.2 Å². The number of nitrogens with zero attached hydrogens (tertiary/aromatic N) is 1. The van der Waals surface area contributed by atoms with E-state index < -0.39 is 45.6 Å². The standard InChI is InChI=1S/C22H23F2IN4O5S/c1-35(32,33)29-20-12-27-22(34-20)21(31)28-18(8-14-5-15(23)9-16(24)6-14)19(30)11-26-10-13-3-2-4-17(25)7-13/h2-7,9,12,18-19,26,29-30H,8,10-11H2,1H3,(H,28,31). The predicted molar refractivity (Wildman–Crippen MR) is 133 cm³/mol. The molecule has 0 radical (unpaired) electrons. The zero-order valence-corrected chi connectivity index (χ0v) is 21.4. The summed E-state index contributed by atoms with van der Waals surface area (Å²) in [6.45, 7) is 0.504. The highest BCUT2D eigenvalue weighted by molar-refractivity contribution is 14.1. The van der Waals surface area contributed by atoms with Crippen molar-refractivity contribution in [3.8, 4) is 0 Å². The van der Waals surface area contributed by atoms with Gasteiger partial charge in [-0.2, -0.15) is 0 Å². The topological polar surface area (TPSA) is 134 Å². The summed E-state index contributed by atoms with van der Waals surface area (Å²) in [7, 11) is -3.65. The van der Waals surface area contributed by atoms with Crippen LogP contribution in [0.5, 0.6) is 0 Å². The van der Waals surface area contributed by atoms with Gasteiger partial charge in [-0.05, 0) is 64.4 Å². The van der Waals surface area contributed by atoms with Crippen LogP contribution in [0.4, 0.5) is 14.7 Å². The molecule has 0 spiro atoms. The molecule has 2 atom stereocenters. The molecule has 2 aromatic carbocycles. The summed E-state index contributed by atoms with van der Waals surface area (Å²) in [5.41, 5.74) is 1.21. The van der Waals surface area contributed by atoms with Crippen LogP contribution in [0.3, 0.4) is 0 Å². The van der Waals surface area contributed by atoms with Crippen molar-refractivity contribution >= 4 is 44.4 Å². The fourth-order valence-corrected chi connectivity index (χ4v) is 4.33. The number of halogens is 3. The van der Waals surface area contributed by atoms with Crippen LogP contribution in [0.25, 0.3) is 0 Å². The molecule has 0 aliphatic heterocycles. The van der Waals surface area contributed by atoms with Crippen LogP contribution < -0.4 is 15.4 Å². The molecular weight excluding hydrogens is 597 g/mol. The number of aromatic nitrogens is 1. The van der Waals surface area contributed by atoms with Gasteiger partial charge in [0.1, 0.15) is 11.6 Å². The third-order valence-corrected chi connectivity index (χ3v) is 5.96. The van der Waals surface area contributed by atoms with Crippen molar-refractivity contribution in [3.63, 3.8) is 0 Å². The second-order valence-electron chi connectivity index (χ2n) is 7.79. The predicted octanol–water partition coefficient (Wildman–Crippen LogP) is 2.42. The Labute approximate surface area is 214 Å². The molecule has 3 rings (SSSR count). The monoisotopic (exact) mass is 620 g/mol. The van der Waals surface area contributed by atoms with E-state index in [0.717, 1.165) is 39.8 Å². The molecule has 9 nitrogen and oxygen atoms in total. The number of aliphatic hydroxyl groups is 1. The Morgan fingerprint density at radius 3 is 2.54 bits per heavy atom. The van der Waals surface area contributed by atoms with E-state index in [4.69, 9.17) is 4.42 Å². The minimum absolute atomic E-state index is 0.0562. The first-order valence-corrected chi connectivity index (χ1v) is 13.3. The molecule has 0 aliphatic rings. The smallest absolute Gasteiger partial charge is 0.307 e. The van der Waals surface area contributed by atoms with Crippen molar-refractivity contribution in [1.29, 1.82) is 0 Å². The third-order valence-electron chi connectivity index (χ3n) is 4.72. The molecule has 0 bridgehead atoms. The van der Waals surface area contributed by atoms with Crippen molar-refractivity contribution < 1.29 is 31.5 Å². The van der Waals surface area contributed by atoms with E-state index in [9.17, 15) is 27.1 Å². The average molecular weight is 620 g/mol. The molecule has 0 aliphatic carbocycles. The number of benzene rings is 2. The summed E-state index contributed by atoms with van der Waals surface area (Å²) in [5.74, 6) is -3.14. The summed E-state index contributed by atoms with van der Waals surface area (Å²) in [6.07, 6.45) is 0.674. The van der Waals surface area contributed by atoms with Gasteiger partial charge in [-0.25, -0.2) is 22.2 Å². The Hall–Kier alpha value is -2.62. The Bertz CT molecular complexity index is 1270. The SMILES string of the molecule is CS(=O)(=O)Nc1cnc(C(=O)NC(Cc2cc(F)cc(F)c2)C(O)CNCc2cccc(I)c2)o1. The van der Waals surface area contributed by atoms with Crippen molar-refractivity contribution in [2.75, 3.05) is 17.5 Å². The number of oxazole rings is 1. The summed E-state index contributed by atoms with van der Waals surface area (Å²) in [5, 5.41) is 16.4. The molecule has 0 saturated heterocycles. The van der Waals surface area contributed by atoms with Crippen molar-refractivity contribution in [3.05, 3.63) is 80.9 Å². The van der Waals surface area contributed by atoms with Gasteiger partial charge in [0.25, 0.3) is 5.89 Å². The number of aliphatic hydroxyl groups excluding tert-OH is 1. The Balaban J connectivity index is 1.71. The number of hydrogen-bond acceptors (Lipinski definition) is 7. The van der Waals surface area contributed by atoms with Gasteiger partial charge in [0, 0.05) is 22.7 Å². The van der Waals surface area contributed by atoms with Crippen LogP contribution in [-0.4, -0.2) is 49.4 Å². The van der Waals surface area contributed by atoms with E-state index in [1.54, 1.807) is 0 Å². The molecule has 0 saturated carbocycles. The first-order valence-electron chi connectivity index (χ1n) is 10.3. The lowest BCUT2D eigenvalue weighted by Gasteiger charge is -2.24. The fraction of sp³-hybridized carbons (Fsp3) is 0.273. The van der Waals surface area contributed by atoms with E-state index in [-0.39, 0.29) is 24.4 Å². The molecule has 0 fully saturated rings. The zero-order valence-electron chi connectivity index (χ0n) is 18.5. The maximum Gasteiger partial charge on any atom is 0.307 e. The van der Waals surface area contributed by atoms with Gasteiger partial charge in [0.05, 0.1) is 24.6 Å². The highest BCUT2D eigenvalue weighted by Gasteiger charge is 2.25. The highest BCUT2D eigenvalue weighted by Crippen LogP contribution is 2.15. The van der Waals surface area contributed by atoms with E-state index in [1.165, 1.54) is 0 Å². The molecule has 13 heteroatoms. The number of amides is 1. The Morgan fingerprint density at radius 2 is 1.89 bits per heavy atom. The lowest BCUT2D eigenvalue weighted by Crippen LogP contribution is -2.48. The number of rotatable bonds is 11. The first kappa shape index (κ1) is 27.0. The summed E-state index contributed by atoms with van der Waals surface area (Å²) in [4.78, 5) is 16.4. The van der Waals surface area contributed by atoms with Crippen LogP contribution >= 0.6 is 22.6 Å². The van der Waals surface area contributed by atoms with Crippen LogP contribution in [-0.2, 0) is 23.0 Å². The molecule has 1 heterocycles. The van der Waals surface area contributed by atoms with Gasteiger partial charge in [0.2, 0.25) is 15.9 Å². The van der Waals surface area contributed by atoms with Gasteiger partial charge >= 0.3 is 5.91 Å². The van der Waals surface area contributed by atoms with E-state index in [1.807, 2.05) is 24.3 Å². The number of hydrogen-bond donors (Lipinski definition) is 4. The summed E-state index contributed by atoms with van der Waals surface area (Å²) >= 11 is 2.19. The lowest BCUT2D eigenvalue weighted by molar-refractivity contribution is 0.0799. The maximum atomic E-state index is 13.7. The summed E-state index contributed by atoms with van der Waals surface area (Å²) in [6, 6.07) is 9.69. The van der Waals surface area contributed by atoms with Crippen molar-refractivity contribution in [2.45, 2.75) is 25.1 Å². The molecule has 35 heavy (non-hydrogen) atoms. The molecule has 188 valence electrons. The highest BCUT2D eigenvalue weighted by atomic mass is 127. The molecule has 3 aromatic rings. The van der Waals surface area contributed by atoms with E-state index in [2.05, 4.69) is 42.9 Å². The maximum absolute atomic E-state index is 13.7. The minimum atomic E-state index is -3.65. The van der Waals surface area contributed by atoms with Crippen LogP contribution in [0, 0.1) is 15.2 Å². The van der Waals surface area contributed by atoms with Gasteiger partial charge in [-0.15, -0.1) is 0 Å². The van der Waals surface area contributed by atoms with Crippen LogP contribution in [0.2, 0.25) is 0 Å². The molecule has 1 amide bonds. The second kappa shape index (κ2) is 11.9. The van der Waals surface area contributed by atoms with E-state index >= 15 is 0 Å². The van der Waals surface area contributed by atoms with Gasteiger partial charge in [-0.3, -0.25) is 9.52 Å². The number of anilines is 1. The van der Waals surface area contributed by atoms with Gasteiger partial charge in [-0.1, -0.05) is 12.1 Å². The number of sulfonamides is 1. The Morgan fingerprint density at radius 1 is 1.17 bits per heavy atom. The molecular formula is C22H23F2IN4O5S.